The molecule has 0 saturated carbocycles. The number of hydrogen-bond donors (Lipinski definition) is 6. The van der Waals surface area contributed by atoms with E-state index in [2.05, 4.69) is 9.97 Å². The molecule has 0 aliphatic rings. The first kappa shape index (κ1) is 24.7. The summed E-state index contributed by atoms with van der Waals surface area (Å²) in [7, 11) is -1.42. The molecule has 186 valence electrons. The number of carbonyl (C=O) groups excluding carboxylic acids is 1. The predicted molar refractivity (Wildman–Crippen MR) is 135 cm³/mol. The fourth-order valence-corrected chi connectivity index (χ4v) is 4.90. The van der Waals surface area contributed by atoms with Gasteiger partial charge in [0, 0.05) is 30.8 Å². The molecule has 11 nitrogen and oxygen atoms in total. The number of amidine groups is 1. The molecule has 1 aromatic heterocycles. The summed E-state index contributed by atoms with van der Waals surface area (Å²) >= 11 is 0. The largest absolute Gasteiger partial charge is 0.507 e. The van der Waals surface area contributed by atoms with Crippen molar-refractivity contribution in [2.45, 2.75) is 11.3 Å². The van der Waals surface area contributed by atoms with Crippen LogP contribution in [0.25, 0.3) is 33.5 Å². The second-order valence-corrected chi connectivity index (χ2v) is 9.89. The molecule has 4 rings (SSSR count). The number of fused-ring (bicyclic) bond motifs is 1. The van der Waals surface area contributed by atoms with Gasteiger partial charge in [0.1, 0.15) is 23.2 Å². The molecule has 0 aliphatic carbocycles. The number of benzene rings is 3. The van der Waals surface area contributed by atoms with Crippen LogP contribution in [-0.2, 0) is 21.2 Å². The molecular weight excluding hydrogens is 484 g/mol. The summed E-state index contributed by atoms with van der Waals surface area (Å²) in [5.41, 5.74) is 6.91. The number of nitrogens with two attached hydrogens (primary N) is 2. The Morgan fingerprint density at radius 2 is 1.81 bits per heavy atom. The van der Waals surface area contributed by atoms with Gasteiger partial charge in [-0.2, -0.15) is 0 Å². The summed E-state index contributed by atoms with van der Waals surface area (Å²) in [6.45, 7) is 0. The average Bonchev–Trinajstić information content (AvgIpc) is 3.22. The van der Waals surface area contributed by atoms with E-state index in [1.165, 1.54) is 37.2 Å². The summed E-state index contributed by atoms with van der Waals surface area (Å²) in [6, 6.07) is 12.1. The van der Waals surface area contributed by atoms with E-state index in [1.54, 1.807) is 30.3 Å². The van der Waals surface area contributed by atoms with Crippen LogP contribution in [-0.4, -0.2) is 59.3 Å². The number of aromatic nitrogens is 2. The minimum atomic E-state index is -4.47. The summed E-state index contributed by atoms with van der Waals surface area (Å²) in [5.74, 6) is -1.18. The van der Waals surface area contributed by atoms with E-state index < -0.39 is 26.6 Å². The third-order valence-corrected chi connectivity index (χ3v) is 6.71. The number of para-hydroxylation sites is 1. The number of phenolic OH excluding ortho intramolecular Hbond substituents is 2. The number of aromatic hydroxyl groups is 2. The van der Waals surface area contributed by atoms with Gasteiger partial charge in [0.05, 0.1) is 27.9 Å². The van der Waals surface area contributed by atoms with Gasteiger partial charge in [-0.05, 0) is 35.9 Å². The van der Waals surface area contributed by atoms with E-state index in [-0.39, 0.29) is 46.1 Å². The Morgan fingerprint density at radius 1 is 1.11 bits per heavy atom. The Kier molecular flexibility index (Phi) is 6.16. The topological polar surface area (TPSA) is 199 Å². The van der Waals surface area contributed by atoms with Crippen molar-refractivity contribution >= 4 is 32.8 Å². The number of imidazole rings is 1. The number of hydrogen-bond acceptors (Lipinski definition) is 7. The number of primary sulfonamides is 1. The van der Waals surface area contributed by atoms with Crippen LogP contribution in [0.3, 0.4) is 0 Å². The smallest absolute Gasteiger partial charge is 0.239 e. The van der Waals surface area contributed by atoms with Gasteiger partial charge in [-0.25, -0.2) is 18.5 Å². The molecule has 1 amide bonds. The van der Waals surface area contributed by atoms with Gasteiger partial charge in [-0.3, -0.25) is 10.2 Å². The number of rotatable bonds is 6. The second kappa shape index (κ2) is 8.98. The van der Waals surface area contributed by atoms with Crippen LogP contribution < -0.4 is 10.9 Å². The number of sulfonamides is 1. The highest BCUT2D eigenvalue weighted by Crippen LogP contribution is 2.46. The SMILES string of the molecule is CN(C)C(=O)Cc1cc(-c2nc3ccc(C(=N)N)cc3[nH]2)c(O)c(-c2ccccc2O)c1S(N)(=O)=O. The zero-order chi connectivity index (χ0) is 26.4. The highest BCUT2D eigenvalue weighted by Gasteiger charge is 2.30. The molecular formula is C24H24N6O5S. The first-order valence-corrected chi connectivity index (χ1v) is 12.2. The van der Waals surface area contributed by atoms with Crippen molar-refractivity contribution in [2.75, 3.05) is 14.1 Å². The van der Waals surface area contributed by atoms with Crippen LogP contribution in [0.15, 0.2) is 53.4 Å². The molecule has 0 radical (unpaired) electrons. The molecule has 0 fully saturated rings. The Hall–Kier alpha value is -4.42. The van der Waals surface area contributed by atoms with Gasteiger partial charge in [0.2, 0.25) is 15.9 Å². The number of phenols is 2. The van der Waals surface area contributed by atoms with Crippen molar-refractivity contribution in [1.82, 2.24) is 14.9 Å². The summed E-state index contributed by atoms with van der Waals surface area (Å²) < 4.78 is 25.5. The lowest BCUT2D eigenvalue weighted by molar-refractivity contribution is -0.128. The summed E-state index contributed by atoms with van der Waals surface area (Å²) in [4.78, 5) is 20.9. The fourth-order valence-electron chi connectivity index (χ4n) is 3.91. The van der Waals surface area contributed by atoms with Crippen LogP contribution in [0.2, 0.25) is 0 Å². The zero-order valence-electron chi connectivity index (χ0n) is 19.4. The van der Waals surface area contributed by atoms with Gasteiger partial charge in [-0.15, -0.1) is 0 Å². The Balaban J connectivity index is 2.09. The second-order valence-electron chi connectivity index (χ2n) is 8.39. The maximum absolute atomic E-state index is 12.8. The average molecular weight is 509 g/mol. The van der Waals surface area contributed by atoms with Crippen LogP contribution >= 0.6 is 0 Å². The Bertz CT molecular complexity index is 1640. The minimum absolute atomic E-state index is 0.00871. The molecule has 0 unspecified atom stereocenters. The molecule has 3 aromatic carbocycles. The fraction of sp³-hybridized carbons (Fsp3) is 0.125. The van der Waals surface area contributed by atoms with Crippen LogP contribution in [0, 0.1) is 5.41 Å². The molecule has 0 bridgehead atoms. The molecule has 0 atom stereocenters. The lowest BCUT2D eigenvalue weighted by Crippen LogP contribution is -2.25. The van der Waals surface area contributed by atoms with E-state index in [9.17, 15) is 23.4 Å². The maximum atomic E-state index is 12.8. The highest BCUT2D eigenvalue weighted by molar-refractivity contribution is 7.89. The minimum Gasteiger partial charge on any atom is -0.507 e. The first-order valence-electron chi connectivity index (χ1n) is 10.6. The number of aromatic amines is 1. The van der Waals surface area contributed by atoms with Gasteiger partial charge < -0.3 is 25.8 Å². The lowest BCUT2D eigenvalue weighted by Gasteiger charge is -2.19. The number of likely N-dealkylation sites (N-methyl/N-ethyl adjacent to an activating group) is 1. The number of amides is 1. The normalized spacial score (nSPS) is 11.5. The van der Waals surface area contributed by atoms with E-state index in [0.717, 1.165) is 0 Å². The van der Waals surface area contributed by atoms with Gasteiger partial charge >= 0.3 is 0 Å². The molecule has 1 heterocycles. The molecule has 8 N–H and O–H groups in total. The molecule has 36 heavy (non-hydrogen) atoms. The van der Waals surface area contributed by atoms with Gasteiger partial charge in [-0.1, -0.05) is 18.2 Å². The van der Waals surface area contributed by atoms with Crippen molar-refractivity contribution in [3.8, 4) is 34.0 Å². The van der Waals surface area contributed by atoms with Crippen LogP contribution in [0.5, 0.6) is 11.5 Å². The van der Waals surface area contributed by atoms with Gasteiger partial charge in [0.15, 0.2) is 0 Å². The lowest BCUT2D eigenvalue weighted by atomic mass is 9.95. The summed E-state index contributed by atoms with van der Waals surface area (Å²) in [6.07, 6.45) is -0.346. The number of nitrogen functional groups attached to an aromatic ring is 1. The number of carbonyl (C=O) groups is 1. The van der Waals surface area contributed by atoms with Crippen molar-refractivity contribution < 1.29 is 23.4 Å². The number of nitrogens with zero attached hydrogens (tertiary/aromatic N) is 2. The monoisotopic (exact) mass is 508 g/mol. The molecule has 0 spiro atoms. The van der Waals surface area contributed by atoms with E-state index in [0.29, 0.717) is 16.6 Å². The predicted octanol–water partition coefficient (Wildman–Crippen LogP) is 1.87. The number of H-pyrrole nitrogens is 1. The Labute approximate surface area is 206 Å². The third kappa shape index (κ3) is 4.46. The molecule has 0 aliphatic heterocycles. The number of nitrogens with one attached hydrogen (secondary N) is 2. The molecule has 4 aromatic rings. The maximum Gasteiger partial charge on any atom is 0.239 e. The van der Waals surface area contributed by atoms with Crippen molar-refractivity contribution in [1.29, 1.82) is 5.41 Å². The van der Waals surface area contributed by atoms with Crippen LogP contribution in [0.1, 0.15) is 11.1 Å². The van der Waals surface area contributed by atoms with E-state index >= 15 is 0 Å². The van der Waals surface area contributed by atoms with E-state index in [4.69, 9.17) is 16.3 Å². The van der Waals surface area contributed by atoms with Crippen molar-refractivity contribution in [3.05, 3.63) is 59.7 Å². The van der Waals surface area contributed by atoms with Crippen LogP contribution in [0.4, 0.5) is 0 Å². The standard InChI is InChI=1S/C24H24N6O5S/c1-30(2)19(32)11-13-9-15(24-28-16-8-7-12(23(25)26)10-17(16)29-24)21(33)20(22(13)36(27,34)35)14-5-3-4-6-18(14)31/h3-10,31,33H,11H2,1-2H3,(H3,25,26)(H,28,29)(H2,27,34,35). The first-order chi connectivity index (χ1) is 16.9. The summed E-state index contributed by atoms with van der Waals surface area (Å²) in [5, 5.41) is 35.1. The quantitative estimate of drug-likeness (QED) is 0.169. The van der Waals surface area contributed by atoms with Gasteiger partial charge in [0.25, 0.3) is 0 Å². The Morgan fingerprint density at radius 3 is 2.42 bits per heavy atom. The zero-order valence-corrected chi connectivity index (χ0v) is 20.2. The van der Waals surface area contributed by atoms with Crippen molar-refractivity contribution in [3.63, 3.8) is 0 Å². The molecule has 0 saturated heterocycles. The highest BCUT2D eigenvalue weighted by atomic mass is 32.2. The third-order valence-electron chi connectivity index (χ3n) is 5.68. The van der Waals surface area contributed by atoms with E-state index in [1.807, 2.05) is 0 Å². The van der Waals surface area contributed by atoms with Crippen molar-refractivity contribution in [2.24, 2.45) is 10.9 Å². The molecule has 12 heteroatoms.